The minimum Gasteiger partial charge on any atom is -0.347 e. The van der Waals surface area contributed by atoms with Crippen LogP contribution < -0.4 is 0 Å². The van der Waals surface area contributed by atoms with E-state index in [-0.39, 0.29) is 12.5 Å². The highest BCUT2D eigenvalue weighted by atomic mass is 35.5. The Morgan fingerprint density at radius 2 is 2.24 bits per heavy atom. The van der Waals surface area contributed by atoms with Gasteiger partial charge in [-0.25, -0.2) is 0 Å². The molecule has 1 heterocycles. The summed E-state index contributed by atoms with van der Waals surface area (Å²) in [6.07, 6.45) is 0. The molecule has 1 aromatic heterocycles. The Hall–Kier alpha value is -1.33. The van der Waals surface area contributed by atoms with Crippen LogP contribution in [-0.2, 0) is 11.3 Å². The molecular formula is C11H12ClN3OS. The molecule has 2 aromatic rings. The number of amides is 1. The molecule has 90 valence electrons. The van der Waals surface area contributed by atoms with Crippen molar-refractivity contribution in [2.45, 2.75) is 6.54 Å². The van der Waals surface area contributed by atoms with E-state index in [0.29, 0.717) is 9.79 Å². The van der Waals surface area contributed by atoms with Gasteiger partial charge >= 0.3 is 0 Å². The standard InChI is InChI=1S/C11H12ClN3OS/c1-14(2)9(16)6-15-8-5-3-4-7(12)10(8)13-11(15)17/h3-5H,6H2,1-2H3,(H,13,17). The number of nitrogens with one attached hydrogen (secondary N) is 1. The summed E-state index contributed by atoms with van der Waals surface area (Å²) in [5.41, 5.74) is 1.61. The maximum Gasteiger partial charge on any atom is 0.242 e. The van der Waals surface area contributed by atoms with E-state index in [9.17, 15) is 4.79 Å². The third kappa shape index (κ3) is 2.21. The summed E-state index contributed by atoms with van der Waals surface area (Å²) in [5.74, 6) is -0.0121. The number of H-pyrrole nitrogens is 1. The molecule has 0 bridgehead atoms. The van der Waals surface area contributed by atoms with Crippen molar-refractivity contribution in [3.05, 3.63) is 28.0 Å². The minimum absolute atomic E-state index is 0.0121. The Kier molecular flexibility index (Phi) is 3.22. The zero-order valence-electron chi connectivity index (χ0n) is 9.53. The lowest BCUT2D eigenvalue weighted by Gasteiger charge is -2.11. The first kappa shape index (κ1) is 12.1. The van der Waals surface area contributed by atoms with Crippen molar-refractivity contribution in [2.75, 3.05) is 14.1 Å². The quantitative estimate of drug-likeness (QED) is 0.851. The number of hydrogen-bond donors (Lipinski definition) is 1. The van der Waals surface area contributed by atoms with Gasteiger partial charge in [0.25, 0.3) is 0 Å². The van der Waals surface area contributed by atoms with E-state index in [1.54, 1.807) is 24.7 Å². The summed E-state index contributed by atoms with van der Waals surface area (Å²) in [6.45, 7) is 0.214. The van der Waals surface area contributed by atoms with Gasteiger partial charge in [0.05, 0.1) is 16.1 Å². The molecule has 6 heteroatoms. The Labute approximate surface area is 109 Å². The second-order valence-corrected chi connectivity index (χ2v) is 4.73. The van der Waals surface area contributed by atoms with Crippen LogP contribution in [0.25, 0.3) is 11.0 Å². The molecule has 2 rings (SSSR count). The van der Waals surface area contributed by atoms with Gasteiger partial charge in [0, 0.05) is 14.1 Å². The zero-order valence-corrected chi connectivity index (χ0v) is 11.1. The molecule has 1 aromatic carbocycles. The predicted molar refractivity (Wildman–Crippen MR) is 70.8 cm³/mol. The molecule has 0 unspecified atom stereocenters. The lowest BCUT2D eigenvalue weighted by molar-refractivity contribution is -0.129. The van der Waals surface area contributed by atoms with Crippen molar-refractivity contribution in [3.63, 3.8) is 0 Å². The number of aromatic nitrogens is 2. The Balaban J connectivity index is 2.55. The van der Waals surface area contributed by atoms with Crippen molar-refractivity contribution >= 4 is 40.8 Å². The van der Waals surface area contributed by atoms with Gasteiger partial charge in [-0.2, -0.15) is 0 Å². The molecule has 0 atom stereocenters. The summed E-state index contributed by atoms with van der Waals surface area (Å²) in [6, 6.07) is 5.51. The summed E-state index contributed by atoms with van der Waals surface area (Å²) < 4.78 is 2.25. The van der Waals surface area contributed by atoms with Gasteiger partial charge in [-0.05, 0) is 24.4 Å². The molecule has 0 aliphatic rings. The van der Waals surface area contributed by atoms with Crippen LogP contribution in [0.15, 0.2) is 18.2 Å². The number of fused-ring (bicyclic) bond motifs is 1. The van der Waals surface area contributed by atoms with Gasteiger partial charge in [0.2, 0.25) is 5.91 Å². The molecule has 0 aliphatic heterocycles. The number of para-hydroxylation sites is 1. The number of carbonyl (C=O) groups is 1. The van der Waals surface area contributed by atoms with Gasteiger partial charge in [-0.1, -0.05) is 17.7 Å². The second kappa shape index (κ2) is 4.50. The molecule has 0 saturated heterocycles. The lowest BCUT2D eigenvalue weighted by Crippen LogP contribution is -2.26. The number of nitrogens with zero attached hydrogens (tertiary/aromatic N) is 2. The fraction of sp³-hybridized carbons (Fsp3) is 0.273. The molecule has 17 heavy (non-hydrogen) atoms. The number of rotatable bonds is 2. The topological polar surface area (TPSA) is 41.0 Å². The fourth-order valence-corrected chi connectivity index (χ4v) is 2.06. The normalized spacial score (nSPS) is 10.8. The molecule has 0 radical (unpaired) electrons. The van der Waals surface area contributed by atoms with Crippen LogP contribution >= 0.6 is 23.8 Å². The number of halogens is 1. The Morgan fingerprint density at radius 3 is 2.88 bits per heavy atom. The van der Waals surface area contributed by atoms with Crippen LogP contribution in [-0.4, -0.2) is 34.5 Å². The molecule has 0 spiro atoms. The van der Waals surface area contributed by atoms with Gasteiger partial charge in [-0.15, -0.1) is 0 Å². The summed E-state index contributed by atoms with van der Waals surface area (Å²) in [7, 11) is 3.43. The van der Waals surface area contributed by atoms with Gasteiger partial charge < -0.3 is 14.5 Å². The van der Waals surface area contributed by atoms with Crippen LogP contribution in [0.3, 0.4) is 0 Å². The van der Waals surface area contributed by atoms with Crippen molar-refractivity contribution in [3.8, 4) is 0 Å². The van der Waals surface area contributed by atoms with Crippen LogP contribution in [0.2, 0.25) is 5.02 Å². The first-order valence-electron chi connectivity index (χ1n) is 5.08. The molecule has 0 saturated carbocycles. The number of aromatic amines is 1. The summed E-state index contributed by atoms with van der Waals surface area (Å²) in [4.78, 5) is 16.3. The summed E-state index contributed by atoms with van der Waals surface area (Å²) >= 11 is 11.3. The van der Waals surface area contributed by atoms with E-state index < -0.39 is 0 Å². The first-order chi connectivity index (χ1) is 8.00. The van der Waals surface area contributed by atoms with Crippen molar-refractivity contribution < 1.29 is 4.79 Å². The Bertz CT molecular complexity index is 629. The number of benzene rings is 1. The highest BCUT2D eigenvalue weighted by Crippen LogP contribution is 2.22. The van der Waals surface area contributed by atoms with E-state index in [4.69, 9.17) is 23.8 Å². The van der Waals surface area contributed by atoms with E-state index >= 15 is 0 Å². The maximum atomic E-state index is 11.7. The maximum absolute atomic E-state index is 11.7. The van der Waals surface area contributed by atoms with Crippen LogP contribution in [0.1, 0.15) is 0 Å². The van der Waals surface area contributed by atoms with Gasteiger partial charge in [-0.3, -0.25) is 4.79 Å². The second-order valence-electron chi connectivity index (χ2n) is 3.94. The van der Waals surface area contributed by atoms with E-state index in [2.05, 4.69) is 4.98 Å². The number of hydrogen-bond acceptors (Lipinski definition) is 2. The van der Waals surface area contributed by atoms with Crippen molar-refractivity contribution in [1.29, 1.82) is 0 Å². The Morgan fingerprint density at radius 1 is 1.53 bits per heavy atom. The highest BCUT2D eigenvalue weighted by Gasteiger charge is 2.11. The smallest absolute Gasteiger partial charge is 0.242 e. The lowest BCUT2D eigenvalue weighted by atomic mass is 10.3. The molecule has 0 fully saturated rings. The third-order valence-electron chi connectivity index (χ3n) is 2.55. The zero-order chi connectivity index (χ0) is 12.6. The highest BCUT2D eigenvalue weighted by molar-refractivity contribution is 7.71. The van der Waals surface area contributed by atoms with Crippen molar-refractivity contribution in [1.82, 2.24) is 14.5 Å². The number of likely N-dealkylation sites (N-methyl/N-ethyl adjacent to an activating group) is 1. The number of imidazole rings is 1. The monoisotopic (exact) mass is 269 g/mol. The molecule has 1 N–H and O–H groups in total. The molecule has 4 nitrogen and oxygen atoms in total. The molecular weight excluding hydrogens is 258 g/mol. The van der Waals surface area contributed by atoms with Crippen molar-refractivity contribution in [2.24, 2.45) is 0 Å². The average molecular weight is 270 g/mol. The van der Waals surface area contributed by atoms with Gasteiger partial charge in [0.1, 0.15) is 6.54 Å². The minimum atomic E-state index is -0.0121. The van der Waals surface area contributed by atoms with Crippen LogP contribution in [0.4, 0.5) is 0 Å². The number of carbonyl (C=O) groups excluding carboxylic acids is 1. The first-order valence-corrected chi connectivity index (χ1v) is 5.86. The van der Waals surface area contributed by atoms with Crippen LogP contribution in [0, 0.1) is 4.77 Å². The fourth-order valence-electron chi connectivity index (χ4n) is 1.58. The molecule has 1 amide bonds. The average Bonchev–Trinajstić information content (AvgIpc) is 2.58. The van der Waals surface area contributed by atoms with E-state index in [1.165, 1.54) is 4.90 Å². The van der Waals surface area contributed by atoms with Gasteiger partial charge in [0.15, 0.2) is 4.77 Å². The predicted octanol–water partition coefficient (Wildman–Crippen LogP) is 2.44. The SMILES string of the molecule is CN(C)C(=O)Cn1c(=S)[nH]c2c(Cl)cccc21. The van der Waals surface area contributed by atoms with E-state index in [0.717, 1.165) is 11.0 Å². The largest absolute Gasteiger partial charge is 0.347 e. The summed E-state index contributed by atoms with van der Waals surface area (Å²) in [5, 5.41) is 0.602. The third-order valence-corrected chi connectivity index (χ3v) is 3.19. The van der Waals surface area contributed by atoms with Crippen LogP contribution in [0.5, 0.6) is 0 Å². The molecule has 0 aliphatic carbocycles. The van der Waals surface area contributed by atoms with E-state index in [1.807, 2.05) is 12.1 Å².